The molecule has 0 radical (unpaired) electrons. The Morgan fingerprint density at radius 2 is 1.59 bits per heavy atom. The molecule has 1 aromatic heterocycles. The first-order valence-electron chi connectivity index (χ1n) is 10.6. The van der Waals surface area contributed by atoms with E-state index in [1.165, 1.54) is 12.1 Å². The zero-order valence-corrected chi connectivity index (χ0v) is 17.8. The Kier molecular flexibility index (Phi) is 7.25. The molecule has 0 saturated carbocycles. The Morgan fingerprint density at radius 1 is 0.906 bits per heavy atom. The summed E-state index contributed by atoms with van der Waals surface area (Å²) in [6, 6.07) is 5.70. The average molecular weight is 442 g/mol. The molecule has 0 fully saturated rings. The van der Waals surface area contributed by atoms with Crippen molar-refractivity contribution in [1.29, 1.82) is 0 Å². The van der Waals surface area contributed by atoms with E-state index in [2.05, 4.69) is 6.92 Å². The molecule has 0 bridgehead atoms. The minimum absolute atomic E-state index is 0.00741. The van der Waals surface area contributed by atoms with Crippen molar-refractivity contribution in [2.75, 3.05) is 0 Å². The highest BCUT2D eigenvalue weighted by molar-refractivity contribution is 5.90. The number of aromatic hydroxyl groups is 4. The lowest BCUT2D eigenvalue weighted by Gasteiger charge is -2.12. The molecule has 0 saturated heterocycles. The van der Waals surface area contributed by atoms with Gasteiger partial charge in [0.25, 0.3) is 0 Å². The van der Waals surface area contributed by atoms with Crippen LogP contribution < -0.4 is 10.2 Å². The van der Waals surface area contributed by atoms with Crippen molar-refractivity contribution in [2.24, 2.45) is 0 Å². The smallest absolute Gasteiger partial charge is 0.311 e. The lowest BCUT2D eigenvalue weighted by molar-refractivity contribution is -0.134. The quantitative estimate of drug-likeness (QED) is 0.270. The third kappa shape index (κ3) is 5.14. The highest BCUT2D eigenvalue weighted by atomic mass is 16.5. The monoisotopic (exact) mass is 442 g/mol. The summed E-state index contributed by atoms with van der Waals surface area (Å²) in [7, 11) is 0. The first-order chi connectivity index (χ1) is 15.3. The lowest BCUT2D eigenvalue weighted by Crippen LogP contribution is -2.16. The summed E-state index contributed by atoms with van der Waals surface area (Å²) < 4.78 is 11.0. The number of hydrogen-bond acceptors (Lipinski definition) is 8. The highest BCUT2D eigenvalue weighted by Crippen LogP contribution is 2.40. The van der Waals surface area contributed by atoms with Gasteiger partial charge in [-0.1, -0.05) is 39.0 Å². The second kappa shape index (κ2) is 10.1. The van der Waals surface area contributed by atoms with Crippen LogP contribution >= 0.6 is 0 Å². The molecule has 0 aliphatic rings. The minimum Gasteiger partial charge on any atom is -0.508 e. The van der Waals surface area contributed by atoms with Crippen LogP contribution in [0.5, 0.6) is 28.7 Å². The van der Waals surface area contributed by atoms with Crippen molar-refractivity contribution < 1.29 is 34.4 Å². The molecule has 2 aromatic carbocycles. The zero-order chi connectivity index (χ0) is 23.3. The van der Waals surface area contributed by atoms with Crippen molar-refractivity contribution in [3.8, 4) is 40.1 Å². The van der Waals surface area contributed by atoms with E-state index in [4.69, 9.17) is 9.15 Å². The summed E-state index contributed by atoms with van der Waals surface area (Å²) in [6.07, 6.45) is 5.90. The van der Waals surface area contributed by atoms with Gasteiger partial charge in [0, 0.05) is 24.6 Å². The van der Waals surface area contributed by atoms with Crippen LogP contribution in [-0.2, 0) is 4.79 Å². The molecule has 0 unspecified atom stereocenters. The van der Waals surface area contributed by atoms with E-state index < -0.39 is 28.6 Å². The molecule has 1 heterocycles. The number of fused-ring (bicyclic) bond motifs is 1. The largest absolute Gasteiger partial charge is 0.508 e. The molecule has 3 aromatic rings. The summed E-state index contributed by atoms with van der Waals surface area (Å²) in [5.74, 6) is -2.91. The van der Waals surface area contributed by atoms with Crippen LogP contribution in [0.2, 0.25) is 0 Å². The fourth-order valence-corrected chi connectivity index (χ4v) is 3.46. The fourth-order valence-electron chi connectivity index (χ4n) is 3.46. The standard InChI is InChI=1S/C24H26O8/c1-2-3-4-5-6-7-8-20(29)32-24-22(30)21-18(28)12-15(26)13-19(21)31-23(24)16-10-9-14(25)11-17(16)27/h9-13,25-28H,2-8H2,1H3. The van der Waals surface area contributed by atoms with E-state index in [-0.39, 0.29) is 40.2 Å². The van der Waals surface area contributed by atoms with Crippen LogP contribution in [0.4, 0.5) is 0 Å². The number of unbranched alkanes of at least 4 members (excludes halogenated alkanes) is 5. The molecular formula is C24H26O8. The van der Waals surface area contributed by atoms with Crippen LogP contribution in [-0.4, -0.2) is 26.4 Å². The van der Waals surface area contributed by atoms with Crippen molar-refractivity contribution in [2.45, 2.75) is 51.9 Å². The lowest BCUT2D eigenvalue weighted by atomic mass is 10.1. The number of carbonyl (C=O) groups excluding carboxylic acids is 1. The van der Waals surface area contributed by atoms with Gasteiger partial charge in [0.05, 0.1) is 5.56 Å². The molecule has 8 heteroatoms. The van der Waals surface area contributed by atoms with Gasteiger partial charge in [-0.15, -0.1) is 0 Å². The number of hydrogen-bond donors (Lipinski definition) is 4. The van der Waals surface area contributed by atoms with E-state index in [0.29, 0.717) is 6.42 Å². The number of benzene rings is 2. The Hall–Kier alpha value is -3.68. The van der Waals surface area contributed by atoms with E-state index in [0.717, 1.165) is 50.3 Å². The number of phenols is 4. The predicted octanol–water partition coefficient (Wildman–Crippen LogP) is 4.94. The third-order valence-corrected chi connectivity index (χ3v) is 5.09. The molecule has 8 nitrogen and oxygen atoms in total. The van der Waals surface area contributed by atoms with Crippen LogP contribution in [0.15, 0.2) is 39.5 Å². The Morgan fingerprint density at radius 3 is 2.31 bits per heavy atom. The fraction of sp³-hybridized carbons (Fsp3) is 0.333. The van der Waals surface area contributed by atoms with Crippen molar-refractivity contribution in [3.63, 3.8) is 0 Å². The topological polar surface area (TPSA) is 137 Å². The maximum atomic E-state index is 13.1. The first kappa shape index (κ1) is 23.0. The molecule has 0 amide bonds. The molecule has 170 valence electrons. The van der Waals surface area contributed by atoms with Gasteiger partial charge in [0.1, 0.15) is 34.0 Å². The molecule has 32 heavy (non-hydrogen) atoms. The van der Waals surface area contributed by atoms with E-state index in [1.807, 2.05) is 0 Å². The average Bonchev–Trinajstić information content (AvgIpc) is 2.72. The summed E-state index contributed by atoms with van der Waals surface area (Å²) in [4.78, 5) is 25.6. The maximum Gasteiger partial charge on any atom is 0.311 e. The van der Waals surface area contributed by atoms with Gasteiger partial charge in [-0.25, -0.2) is 0 Å². The van der Waals surface area contributed by atoms with Crippen molar-refractivity contribution >= 4 is 16.9 Å². The van der Waals surface area contributed by atoms with Gasteiger partial charge in [-0.2, -0.15) is 0 Å². The van der Waals surface area contributed by atoms with Crippen LogP contribution in [0.25, 0.3) is 22.3 Å². The van der Waals surface area contributed by atoms with Gasteiger partial charge >= 0.3 is 5.97 Å². The van der Waals surface area contributed by atoms with Crippen molar-refractivity contribution in [3.05, 3.63) is 40.6 Å². The zero-order valence-electron chi connectivity index (χ0n) is 17.8. The normalized spacial score (nSPS) is 11.0. The first-order valence-corrected chi connectivity index (χ1v) is 10.6. The molecule has 0 atom stereocenters. The second-order valence-corrected chi connectivity index (χ2v) is 7.62. The second-order valence-electron chi connectivity index (χ2n) is 7.62. The molecular weight excluding hydrogens is 416 g/mol. The van der Waals surface area contributed by atoms with Crippen LogP contribution in [0.1, 0.15) is 51.9 Å². The maximum absolute atomic E-state index is 13.1. The SMILES string of the molecule is CCCCCCCCC(=O)Oc1c(-c2ccc(O)cc2O)oc2cc(O)cc(O)c2c1=O. The summed E-state index contributed by atoms with van der Waals surface area (Å²) in [6.45, 7) is 2.12. The Labute approximate surface area is 184 Å². The van der Waals surface area contributed by atoms with Crippen molar-refractivity contribution in [1.82, 2.24) is 0 Å². The highest BCUT2D eigenvalue weighted by Gasteiger charge is 2.24. The van der Waals surface area contributed by atoms with Gasteiger partial charge in [0.2, 0.25) is 11.2 Å². The predicted molar refractivity (Wildman–Crippen MR) is 118 cm³/mol. The molecule has 0 spiro atoms. The van der Waals surface area contributed by atoms with Gasteiger partial charge in [-0.05, 0) is 18.6 Å². The van der Waals surface area contributed by atoms with Gasteiger partial charge < -0.3 is 29.6 Å². The summed E-state index contributed by atoms with van der Waals surface area (Å²) >= 11 is 0. The summed E-state index contributed by atoms with van der Waals surface area (Å²) in [5.41, 5.74) is -1.000. The third-order valence-electron chi connectivity index (χ3n) is 5.09. The molecule has 4 N–H and O–H groups in total. The molecule has 3 rings (SSSR count). The Balaban J connectivity index is 1.98. The minimum atomic E-state index is -0.831. The molecule has 0 aliphatic heterocycles. The number of carbonyl (C=O) groups is 1. The van der Waals surface area contributed by atoms with Gasteiger partial charge in [0.15, 0.2) is 5.76 Å². The number of rotatable bonds is 9. The molecule has 0 aliphatic carbocycles. The Bertz CT molecular complexity index is 1180. The van der Waals surface area contributed by atoms with E-state index in [1.54, 1.807) is 0 Å². The van der Waals surface area contributed by atoms with E-state index in [9.17, 15) is 30.0 Å². The summed E-state index contributed by atoms with van der Waals surface area (Å²) in [5, 5.41) is 39.5. The number of esters is 1. The number of phenolic OH excluding ortho intramolecular Hbond substituents is 4. The van der Waals surface area contributed by atoms with E-state index >= 15 is 0 Å². The van der Waals surface area contributed by atoms with Crippen LogP contribution in [0, 0.1) is 0 Å². The van der Waals surface area contributed by atoms with Gasteiger partial charge in [-0.3, -0.25) is 9.59 Å². The van der Waals surface area contributed by atoms with Crippen LogP contribution in [0.3, 0.4) is 0 Å². The number of ether oxygens (including phenoxy) is 1.